The van der Waals surface area contributed by atoms with Crippen LogP contribution in [0.25, 0.3) is 0 Å². The Morgan fingerprint density at radius 1 is 1.05 bits per heavy atom. The minimum Gasteiger partial charge on any atom is -0.358 e. The predicted molar refractivity (Wildman–Crippen MR) is 90.8 cm³/mol. The second-order valence-electron chi connectivity index (χ2n) is 5.63. The lowest BCUT2D eigenvalue weighted by Crippen LogP contribution is -2.40. The summed E-state index contributed by atoms with van der Waals surface area (Å²) in [6.45, 7) is 1.46. The van der Waals surface area contributed by atoms with E-state index in [0.29, 0.717) is 6.04 Å². The molecule has 3 rings (SSSR count). The van der Waals surface area contributed by atoms with Gasteiger partial charge in [0.2, 0.25) is 0 Å². The number of nitrogens with zero attached hydrogens (tertiary/aromatic N) is 1. The lowest BCUT2D eigenvalue weighted by Gasteiger charge is -2.26. The highest BCUT2D eigenvalue weighted by Gasteiger charge is 2.30. The van der Waals surface area contributed by atoms with Gasteiger partial charge in [-0.3, -0.25) is 0 Å². The normalized spacial score (nSPS) is 13.7. The first-order valence-corrected chi connectivity index (χ1v) is 7.96. The largest absolute Gasteiger partial charge is 0.358 e. The zero-order valence-corrected chi connectivity index (χ0v) is 13.2. The van der Waals surface area contributed by atoms with Gasteiger partial charge < -0.3 is 10.2 Å². The van der Waals surface area contributed by atoms with Gasteiger partial charge in [0.15, 0.2) is 5.11 Å². The molecule has 0 spiro atoms. The fourth-order valence-corrected chi connectivity index (χ4v) is 2.70. The third-order valence-electron chi connectivity index (χ3n) is 3.80. The molecule has 1 aliphatic carbocycles. The summed E-state index contributed by atoms with van der Waals surface area (Å²) < 4.78 is 13.0. The van der Waals surface area contributed by atoms with Crippen molar-refractivity contribution in [2.45, 2.75) is 32.0 Å². The maximum atomic E-state index is 13.0. The van der Waals surface area contributed by atoms with E-state index in [1.807, 2.05) is 30.3 Å². The summed E-state index contributed by atoms with van der Waals surface area (Å²) in [5.41, 5.74) is 2.29. The van der Waals surface area contributed by atoms with Crippen LogP contribution in [-0.4, -0.2) is 16.1 Å². The fourth-order valence-electron chi connectivity index (χ4n) is 2.41. The van der Waals surface area contributed by atoms with Crippen molar-refractivity contribution in [1.82, 2.24) is 10.2 Å². The van der Waals surface area contributed by atoms with Crippen LogP contribution in [0.1, 0.15) is 24.0 Å². The summed E-state index contributed by atoms with van der Waals surface area (Å²) in [6.07, 6.45) is 2.35. The molecule has 2 nitrogen and oxygen atoms in total. The van der Waals surface area contributed by atoms with E-state index >= 15 is 0 Å². The molecule has 1 N–H and O–H groups in total. The predicted octanol–water partition coefficient (Wildman–Crippen LogP) is 3.86. The van der Waals surface area contributed by atoms with E-state index in [2.05, 4.69) is 22.3 Å². The van der Waals surface area contributed by atoms with Crippen LogP contribution in [0, 0.1) is 5.82 Å². The van der Waals surface area contributed by atoms with Crippen molar-refractivity contribution in [3.05, 3.63) is 71.5 Å². The summed E-state index contributed by atoms with van der Waals surface area (Å²) >= 11 is 5.56. The van der Waals surface area contributed by atoms with Gasteiger partial charge in [0.05, 0.1) is 0 Å². The quantitative estimate of drug-likeness (QED) is 0.844. The Bertz CT molecular complexity index is 623. The highest BCUT2D eigenvalue weighted by Crippen LogP contribution is 2.28. The van der Waals surface area contributed by atoms with Crippen LogP contribution in [0.15, 0.2) is 54.6 Å². The molecule has 22 heavy (non-hydrogen) atoms. The van der Waals surface area contributed by atoms with Crippen molar-refractivity contribution >= 4 is 17.3 Å². The number of halogens is 1. The minimum absolute atomic E-state index is 0.202. The van der Waals surface area contributed by atoms with E-state index in [1.54, 1.807) is 0 Å². The Morgan fingerprint density at radius 2 is 1.73 bits per heavy atom. The van der Waals surface area contributed by atoms with Gasteiger partial charge in [-0.15, -0.1) is 0 Å². The summed E-state index contributed by atoms with van der Waals surface area (Å²) in [6, 6.07) is 17.4. The van der Waals surface area contributed by atoms with Crippen LogP contribution in [0.2, 0.25) is 0 Å². The standard InChI is InChI=1S/C18H19FN2S/c19-16-8-6-15(7-9-16)13-21(17-10-11-17)18(22)20-12-14-4-2-1-3-5-14/h1-9,17H,10-13H2,(H,20,22). The monoisotopic (exact) mass is 314 g/mol. The molecular weight excluding hydrogens is 295 g/mol. The molecule has 1 fully saturated rings. The van der Waals surface area contributed by atoms with Crippen LogP contribution < -0.4 is 5.32 Å². The Kier molecular flexibility index (Phi) is 4.68. The summed E-state index contributed by atoms with van der Waals surface area (Å²) in [5.74, 6) is -0.202. The molecule has 114 valence electrons. The van der Waals surface area contributed by atoms with Crippen LogP contribution in [0.5, 0.6) is 0 Å². The van der Waals surface area contributed by atoms with E-state index < -0.39 is 0 Å². The SMILES string of the molecule is Fc1ccc(CN(C(=S)NCc2ccccc2)C2CC2)cc1. The molecule has 2 aromatic rings. The van der Waals surface area contributed by atoms with Crippen molar-refractivity contribution in [3.63, 3.8) is 0 Å². The molecule has 0 heterocycles. The van der Waals surface area contributed by atoms with E-state index in [1.165, 1.54) is 30.5 Å². The highest BCUT2D eigenvalue weighted by molar-refractivity contribution is 7.80. The number of rotatable bonds is 5. The van der Waals surface area contributed by atoms with Crippen molar-refractivity contribution in [2.75, 3.05) is 0 Å². The zero-order chi connectivity index (χ0) is 15.4. The topological polar surface area (TPSA) is 15.3 Å². The average Bonchev–Trinajstić information content (AvgIpc) is 3.38. The molecule has 1 saturated carbocycles. The van der Waals surface area contributed by atoms with Crippen LogP contribution in [0.4, 0.5) is 4.39 Å². The maximum Gasteiger partial charge on any atom is 0.169 e. The van der Waals surface area contributed by atoms with Crippen molar-refractivity contribution in [1.29, 1.82) is 0 Å². The first-order valence-electron chi connectivity index (χ1n) is 7.55. The van der Waals surface area contributed by atoms with Crippen molar-refractivity contribution in [2.24, 2.45) is 0 Å². The van der Waals surface area contributed by atoms with Gasteiger partial charge in [0, 0.05) is 19.1 Å². The number of benzene rings is 2. The number of nitrogens with one attached hydrogen (secondary N) is 1. The van der Waals surface area contributed by atoms with Gasteiger partial charge in [-0.1, -0.05) is 42.5 Å². The number of thiocarbonyl (C=S) groups is 1. The molecular formula is C18H19FN2S. The van der Waals surface area contributed by atoms with Crippen LogP contribution in [-0.2, 0) is 13.1 Å². The number of hydrogen-bond donors (Lipinski definition) is 1. The second-order valence-corrected chi connectivity index (χ2v) is 6.02. The molecule has 2 aromatic carbocycles. The lowest BCUT2D eigenvalue weighted by molar-refractivity contribution is 0.395. The highest BCUT2D eigenvalue weighted by atomic mass is 32.1. The van der Waals surface area contributed by atoms with Gasteiger partial charge >= 0.3 is 0 Å². The molecule has 0 aromatic heterocycles. The van der Waals surface area contributed by atoms with E-state index in [9.17, 15) is 4.39 Å². The van der Waals surface area contributed by atoms with Gasteiger partial charge in [-0.2, -0.15) is 0 Å². The first-order chi connectivity index (χ1) is 10.7. The third-order valence-corrected chi connectivity index (χ3v) is 4.18. The van der Waals surface area contributed by atoms with E-state index in [0.717, 1.165) is 23.8 Å². The molecule has 0 amide bonds. The van der Waals surface area contributed by atoms with E-state index in [-0.39, 0.29) is 5.82 Å². The Balaban J connectivity index is 1.61. The molecule has 0 aliphatic heterocycles. The Labute approximate surface area is 136 Å². The number of hydrogen-bond acceptors (Lipinski definition) is 1. The minimum atomic E-state index is -0.202. The second kappa shape index (κ2) is 6.88. The smallest absolute Gasteiger partial charge is 0.169 e. The summed E-state index contributed by atoms with van der Waals surface area (Å²) in [5, 5.41) is 4.11. The van der Waals surface area contributed by atoms with Gasteiger partial charge in [0.1, 0.15) is 5.82 Å². The Morgan fingerprint density at radius 3 is 2.36 bits per heavy atom. The van der Waals surface area contributed by atoms with E-state index in [4.69, 9.17) is 12.2 Å². The zero-order valence-electron chi connectivity index (χ0n) is 12.3. The van der Waals surface area contributed by atoms with Gasteiger partial charge in [-0.05, 0) is 48.3 Å². The first kappa shape index (κ1) is 15.0. The van der Waals surface area contributed by atoms with Gasteiger partial charge in [-0.25, -0.2) is 4.39 Å². The van der Waals surface area contributed by atoms with Gasteiger partial charge in [0.25, 0.3) is 0 Å². The molecule has 1 aliphatic rings. The summed E-state index contributed by atoms with van der Waals surface area (Å²) in [4.78, 5) is 2.21. The molecule has 0 unspecified atom stereocenters. The Hall–Kier alpha value is -1.94. The molecule has 0 radical (unpaired) electrons. The van der Waals surface area contributed by atoms with Crippen molar-refractivity contribution in [3.8, 4) is 0 Å². The third kappa shape index (κ3) is 4.04. The fraction of sp³-hybridized carbons (Fsp3) is 0.278. The molecule has 0 atom stereocenters. The van der Waals surface area contributed by atoms with Crippen LogP contribution >= 0.6 is 12.2 Å². The maximum absolute atomic E-state index is 13.0. The molecule has 0 bridgehead atoms. The summed E-state index contributed by atoms with van der Waals surface area (Å²) in [7, 11) is 0. The van der Waals surface area contributed by atoms with Crippen molar-refractivity contribution < 1.29 is 4.39 Å². The molecule has 4 heteroatoms. The lowest BCUT2D eigenvalue weighted by atomic mass is 10.2. The molecule has 0 saturated heterocycles. The average molecular weight is 314 g/mol. The van der Waals surface area contributed by atoms with Crippen LogP contribution in [0.3, 0.4) is 0 Å².